The maximum Gasteiger partial charge on any atom is 0.150 e. The molecule has 0 bridgehead atoms. The summed E-state index contributed by atoms with van der Waals surface area (Å²) in [5.41, 5.74) is 0.928. The number of aromatic nitrogens is 1. The maximum atomic E-state index is 5.68. The average molecular weight is 224 g/mol. The molecule has 0 amide bonds. The van der Waals surface area contributed by atoms with Gasteiger partial charge in [0, 0.05) is 18.7 Å². The van der Waals surface area contributed by atoms with E-state index in [2.05, 4.69) is 24.3 Å². The van der Waals surface area contributed by atoms with Gasteiger partial charge in [0.15, 0.2) is 5.76 Å². The molecule has 1 N–H and O–H groups in total. The van der Waals surface area contributed by atoms with Gasteiger partial charge in [0.2, 0.25) is 0 Å². The lowest BCUT2D eigenvalue weighted by atomic mass is 9.94. The molecule has 1 saturated heterocycles. The molecule has 0 spiro atoms. The first kappa shape index (κ1) is 11.6. The van der Waals surface area contributed by atoms with Crippen LogP contribution in [0.5, 0.6) is 0 Å². The van der Waals surface area contributed by atoms with Gasteiger partial charge in [-0.2, -0.15) is 0 Å². The van der Waals surface area contributed by atoms with Crippen molar-refractivity contribution in [3.63, 3.8) is 0 Å². The summed E-state index contributed by atoms with van der Waals surface area (Å²) in [4.78, 5) is 0. The summed E-state index contributed by atoms with van der Waals surface area (Å²) in [6.07, 6.45) is 2.11. The van der Waals surface area contributed by atoms with E-state index in [4.69, 9.17) is 9.26 Å². The summed E-state index contributed by atoms with van der Waals surface area (Å²) in [5.74, 6) is 0.904. The van der Waals surface area contributed by atoms with Crippen molar-refractivity contribution < 1.29 is 9.26 Å². The van der Waals surface area contributed by atoms with E-state index in [-0.39, 0.29) is 5.60 Å². The predicted octanol–water partition coefficient (Wildman–Crippen LogP) is 2.03. The molecule has 4 heteroatoms. The molecule has 16 heavy (non-hydrogen) atoms. The highest BCUT2D eigenvalue weighted by molar-refractivity contribution is 5.02. The standard InChI is InChI=1S/C12H20N2O2/c1-9-6-11(16-14-9)8-13-10-4-5-15-12(2,3)7-10/h6,10,13H,4-5,7-8H2,1-3H3. The van der Waals surface area contributed by atoms with Gasteiger partial charge in [0.1, 0.15) is 0 Å². The van der Waals surface area contributed by atoms with Crippen molar-refractivity contribution in [1.29, 1.82) is 0 Å². The number of hydrogen-bond acceptors (Lipinski definition) is 4. The highest BCUT2D eigenvalue weighted by Crippen LogP contribution is 2.24. The molecule has 1 aromatic rings. The zero-order valence-corrected chi connectivity index (χ0v) is 10.2. The molecule has 1 fully saturated rings. The molecule has 0 radical (unpaired) electrons. The molecular formula is C12H20N2O2. The van der Waals surface area contributed by atoms with Gasteiger partial charge in [-0.3, -0.25) is 0 Å². The number of ether oxygens (including phenoxy) is 1. The van der Waals surface area contributed by atoms with Gasteiger partial charge in [0.05, 0.1) is 17.8 Å². The molecule has 0 aromatic carbocycles. The van der Waals surface area contributed by atoms with Gasteiger partial charge in [0.25, 0.3) is 0 Å². The number of rotatable bonds is 3. The van der Waals surface area contributed by atoms with E-state index in [1.54, 1.807) is 0 Å². The maximum absolute atomic E-state index is 5.68. The number of nitrogens with zero attached hydrogens (tertiary/aromatic N) is 1. The van der Waals surface area contributed by atoms with Crippen LogP contribution in [0.1, 0.15) is 38.1 Å². The number of aryl methyl sites for hydroxylation is 1. The molecule has 2 rings (SSSR count). The summed E-state index contributed by atoms with van der Waals surface area (Å²) >= 11 is 0. The van der Waals surface area contributed by atoms with E-state index in [1.165, 1.54) is 0 Å². The van der Waals surface area contributed by atoms with E-state index < -0.39 is 0 Å². The first-order chi connectivity index (χ1) is 7.55. The smallest absolute Gasteiger partial charge is 0.150 e. The topological polar surface area (TPSA) is 47.3 Å². The van der Waals surface area contributed by atoms with Crippen molar-refractivity contribution in [2.24, 2.45) is 0 Å². The van der Waals surface area contributed by atoms with Crippen LogP contribution in [0.3, 0.4) is 0 Å². The normalized spacial score (nSPS) is 24.6. The van der Waals surface area contributed by atoms with E-state index in [1.807, 2.05) is 13.0 Å². The Balaban J connectivity index is 1.82. The second-order valence-corrected chi connectivity index (χ2v) is 5.11. The van der Waals surface area contributed by atoms with Crippen molar-refractivity contribution >= 4 is 0 Å². The van der Waals surface area contributed by atoms with Gasteiger partial charge >= 0.3 is 0 Å². The zero-order chi connectivity index (χ0) is 11.6. The lowest BCUT2D eigenvalue weighted by molar-refractivity contribution is -0.0632. The van der Waals surface area contributed by atoms with E-state index in [0.717, 1.165) is 37.4 Å². The third-order valence-electron chi connectivity index (χ3n) is 2.94. The number of nitrogens with one attached hydrogen (secondary N) is 1. The Bertz CT molecular complexity index is 347. The van der Waals surface area contributed by atoms with Crippen molar-refractivity contribution in [2.75, 3.05) is 6.61 Å². The molecular weight excluding hydrogens is 204 g/mol. The zero-order valence-electron chi connectivity index (χ0n) is 10.2. The minimum Gasteiger partial charge on any atom is -0.375 e. The van der Waals surface area contributed by atoms with Crippen LogP contribution in [0.2, 0.25) is 0 Å². The minimum absolute atomic E-state index is 0.00670. The summed E-state index contributed by atoms with van der Waals surface area (Å²) in [6.45, 7) is 7.80. The van der Waals surface area contributed by atoms with E-state index in [9.17, 15) is 0 Å². The Kier molecular flexibility index (Phi) is 3.30. The van der Waals surface area contributed by atoms with Gasteiger partial charge in [-0.25, -0.2) is 0 Å². The Morgan fingerprint density at radius 2 is 2.38 bits per heavy atom. The Morgan fingerprint density at radius 1 is 1.56 bits per heavy atom. The monoisotopic (exact) mass is 224 g/mol. The molecule has 1 atom stereocenters. The van der Waals surface area contributed by atoms with Crippen LogP contribution in [0.25, 0.3) is 0 Å². The molecule has 0 aliphatic carbocycles. The summed E-state index contributed by atoms with van der Waals surface area (Å²) in [6, 6.07) is 2.48. The minimum atomic E-state index is -0.00670. The van der Waals surface area contributed by atoms with Crippen molar-refractivity contribution in [2.45, 2.75) is 51.8 Å². The second kappa shape index (κ2) is 4.55. The SMILES string of the molecule is Cc1cc(CNC2CCOC(C)(C)C2)on1. The fourth-order valence-electron chi connectivity index (χ4n) is 2.15. The largest absolute Gasteiger partial charge is 0.375 e. The van der Waals surface area contributed by atoms with Crippen molar-refractivity contribution in [1.82, 2.24) is 10.5 Å². The first-order valence-corrected chi connectivity index (χ1v) is 5.85. The summed E-state index contributed by atoms with van der Waals surface area (Å²) in [5, 5.41) is 7.36. The van der Waals surface area contributed by atoms with Gasteiger partial charge in [-0.05, 0) is 33.6 Å². The van der Waals surface area contributed by atoms with Crippen molar-refractivity contribution in [3.8, 4) is 0 Å². The molecule has 1 aliphatic rings. The van der Waals surface area contributed by atoms with Gasteiger partial charge < -0.3 is 14.6 Å². The fourth-order valence-corrected chi connectivity index (χ4v) is 2.15. The van der Waals surface area contributed by atoms with Crippen LogP contribution in [0.4, 0.5) is 0 Å². The second-order valence-electron chi connectivity index (χ2n) is 5.11. The molecule has 1 unspecified atom stereocenters. The molecule has 90 valence electrons. The fraction of sp³-hybridized carbons (Fsp3) is 0.750. The van der Waals surface area contributed by atoms with Crippen molar-refractivity contribution in [3.05, 3.63) is 17.5 Å². The quantitative estimate of drug-likeness (QED) is 0.853. The number of hydrogen-bond donors (Lipinski definition) is 1. The Morgan fingerprint density at radius 3 is 3.00 bits per heavy atom. The third kappa shape index (κ3) is 3.06. The first-order valence-electron chi connectivity index (χ1n) is 5.85. The Labute approximate surface area is 96.3 Å². The van der Waals surface area contributed by atoms with Crippen LogP contribution in [-0.2, 0) is 11.3 Å². The van der Waals surface area contributed by atoms with E-state index in [0.29, 0.717) is 6.04 Å². The third-order valence-corrected chi connectivity index (χ3v) is 2.94. The molecule has 2 heterocycles. The highest BCUT2D eigenvalue weighted by Gasteiger charge is 2.28. The van der Waals surface area contributed by atoms with Gasteiger partial charge in [-0.15, -0.1) is 0 Å². The summed E-state index contributed by atoms with van der Waals surface area (Å²) in [7, 11) is 0. The van der Waals surface area contributed by atoms with Crippen LogP contribution < -0.4 is 5.32 Å². The molecule has 0 saturated carbocycles. The van der Waals surface area contributed by atoms with E-state index >= 15 is 0 Å². The van der Waals surface area contributed by atoms with Crippen LogP contribution in [0, 0.1) is 6.92 Å². The van der Waals surface area contributed by atoms with Crippen LogP contribution in [0.15, 0.2) is 10.6 Å². The lowest BCUT2D eigenvalue weighted by Gasteiger charge is -2.35. The highest BCUT2D eigenvalue weighted by atomic mass is 16.5. The Hall–Kier alpha value is -0.870. The molecule has 1 aromatic heterocycles. The molecule has 1 aliphatic heterocycles. The lowest BCUT2D eigenvalue weighted by Crippen LogP contribution is -2.43. The molecule has 4 nitrogen and oxygen atoms in total. The van der Waals surface area contributed by atoms with Gasteiger partial charge in [-0.1, -0.05) is 5.16 Å². The van der Waals surface area contributed by atoms with Crippen LogP contribution >= 0.6 is 0 Å². The average Bonchev–Trinajstić information content (AvgIpc) is 2.60. The predicted molar refractivity (Wildman–Crippen MR) is 61.1 cm³/mol. The van der Waals surface area contributed by atoms with Crippen LogP contribution in [-0.4, -0.2) is 23.4 Å². The summed E-state index contributed by atoms with van der Waals surface area (Å²) < 4.78 is 10.8.